The Morgan fingerprint density at radius 1 is 1.26 bits per heavy atom. The summed E-state index contributed by atoms with van der Waals surface area (Å²) < 4.78 is 5.72. The highest BCUT2D eigenvalue weighted by molar-refractivity contribution is 5.86. The molecule has 0 N–H and O–H groups in total. The van der Waals surface area contributed by atoms with E-state index in [0.717, 1.165) is 18.4 Å². The number of morpholine rings is 1. The summed E-state index contributed by atoms with van der Waals surface area (Å²) in [5.41, 5.74) is 0.772. The summed E-state index contributed by atoms with van der Waals surface area (Å²) in [6.07, 6.45) is 2.38. The van der Waals surface area contributed by atoms with Crippen LogP contribution in [0.4, 0.5) is 0 Å². The van der Waals surface area contributed by atoms with Crippen molar-refractivity contribution in [2.75, 3.05) is 13.1 Å². The lowest BCUT2D eigenvalue weighted by Crippen LogP contribution is -2.47. The fourth-order valence-corrected chi connectivity index (χ4v) is 2.90. The van der Waals surface area contributed by atoms with E-state index in [0.29, 0.717) is 13.1 Å². The molecule has 2 saturated heterocycles. The molecule has 0 saturated carbocycles. The molecule has 0 radical (unpaired) electrons. The van der Waals surface area contributed by atoms with Crippen molar-refractivity contribution in [3.8, 4) is 6.07 Å². The number of nitrogens with zero attached hydrogens (tertiary/aromatic N) is 2. The highest BCUT2D eigenvalue weighted by Gasteiger charge is 2.38. The Balaban J connectivity index is 1.77. The van der Waals surface area contributed by atoms with Crippen LogP contribution >= 0.6 is 0 Å². The second-order valence-corrected chi connectivity index (χ2v) is 5.17. The largest absolute Gasteiger partial charge is 0.371 e. The van der Waals surface area contributed by atoms with Gasteiger partial charge in [-0.05, 0) is 18.4 Å². The minimum absolute atomic E-state index is 0.0890. The maximum absolute atomic E-state index is 12.5. The minimum atomic E-state index is -0.696. The number of fused-ring (bicyclic) bond motifs is 2. The Labute approximate surface area is 112 Å². The van der Waals surface area contributed by atoms with E-state index in [1.807, 2.05) is 30.3 Å². The van der Waals surface area contributed by atoms with Crippen LogP contribution in [0.3, 0.4) is 0 Å². The second kappa shape index (κ2) is 5.02. The van der Waals surface area contributed by atoms with Gasteiger partial charge in [0.2, 0.25) is 5.91 Å². The molecule has 0 aliphatic carbocycles. The Morgan fingerprint density at radius 3 is 2.47 bits per heavy atom. The van der Waals surface area contributed by atoms with Crippen molar-refractivity contribution in [2.45, 2.75) is 31.0 Å². The fourth-order valence-electron chi connectivity index (χ4n) is 2.90. The molecule has 2 fully saturated rings. The summed E-state index contributed by atoms with van der Waals surface area (Å²) in [7, 11) is 0. The van der Waals surface area contributed by atoms with Crippen molar-refractivity contribution in [1.29, 1.82) is 5.26 Å². The van der Waals surface area contributed by atoms with Crippen molar-refractivity contribution in [3.63, 3.8) is 0 Å². The zero-order valence-electron chi connectivity index (χ0n) is 10.7. The molecule has 1 amide bonds. The summed E-state index contributed by atoms with van der Waals surface area (Å²) in [6, 6.07) is 11.4. The number of benzene rings is 1. The first-order valence-corrected chi connectivity index (χ1v) is 6.66. The van der Waals surface area contributed by atoms with E-state index in [4.69, 9.17) is 4.74 Å². The molecular formula is C15H16N2O2. The first kappa shape index (κ1) is 12.2. The van der Waals surface area contributed by atoms with Crippen molar-refractivity contribution >= 4 is 5.91 Å². The summed E-state index contributed by atoms with van der Waals surface area (Å²) >= 11 is 0. The highest BCUT2D eigenvalue weighted by Crippen LogP contribution is 2.28. The molecule has 2 bridgehead atoms. The SMILES string of the molecule is N#CC(C(=O)N1CC2CCC(C1)O2)c1ccccc1. The Kier molecular flexibility index (Phi) is 3.22. The van der Waals surface area contributed by atoms with Crippen LogP contribution in [0.15, 0.2) is 30.3 Å². The average Bonchev–Trinajstić information content (AvgIpc) is 2.79. The summed E-state index contributed by atoms with van der Waals surface area (Å²) in [6.45, 7) is 1.25. The molecule has 3 atom stereocenters. The lowest BCUT2D eigenvalue weighted by atomic mass is 9.99. The van der Waals surface area contributed by atoms with E-state index in [1.165, 1.54) is 0 Å². The van der Waals surface area contributed by atoms with Gasteiger partial charge < -0.3 is 9.64 Å². The Bertz CT molecular complexity index is 497. The van der Waals surface area contributed by atoms with Crippen LogP contribution in [0.25, 0.3) is 0 Å². The van der Waals surface area contributed by atoms with Crippen LogP contribution in [0.5, 0.6) is 0 Å². The summed E-state index contributed by atoms with van der Waals surface area (Å²) in [5, 5.41) is 9.30. The number of likely N-dealkylation sites (tertiary alicyclic amines) is 1. The first-order chi connectivity index (χ1) is 9.28. The van der Waals surface area contributed by atoms with E-state index in [-0.39, 0.29) is 18.1 Å². The van der Waals surface area contributed by atoms with Crippen molar-refractivity contribution < 1.29 is 9.53 Å². The normalized spacial score (nSPS) is 26.8. The van der Waals surface area contributed by atoms with E-state index in [1.54, 1.807) is 4.90 Å². The summed E-state index contributed by atoms with van der Waals surface area (Å²) in [4.78, 5) is 14.3. The predicted octanol–water partition coefficient (Wildman–Crippen LogP) is 1.68. The molecule has 0 spiro atoms. The van der Waals surface area contributed by atoms with Gasteiger partial charge in [0.25, 0.3) is 0 Å². The van der Waals surface area contributed by atoms with Gasteiger partial charge in [-0.2, -0.15) is 5.26 Å². The third-order valence-corrected chi connectivity index (χ3v) is 3.86. The number of nitriles is 1. The molecule has 3 rings (SSSR count). The zero-order valence-corrected chi connectivity index (χ0v) is 10.7. The molecule has 0 aromatic heterocycles. The van der Waals surface area contributed by atoms with Gasteiger partial charge in [0.1, 0.15) is 5.92 Å². The molecule has 98 valence electrons. The first-order valence-electron chi connectivity index (χ1n) is 6.66. The van der Waals surface area contributed by atoms with E-state index in [2.05, 4.69) is 6.07 Å². The molecule has 1 aromatic carbocycles. The smallest absolute Gasteiger partial charge is 0.244 e. The second-order valence-electron chi connectivity index (χ2n) is 5.17. The van der Waals surface area contributed by atoms with E-state index < -0.39 is 5.92 Å². The lowest BCUT2D eigenvalue weighted by molar-refractivity contribution is -0.140. The van der Waals surface area contributed by atoms with Gasteiger partial charge in [0, 0.05) is 13.1 Å². The number of hydrogen-bond donors (Lipinski definition) is 0. The quantitative estimate of drug-likeness (QED) is 0.809. The van der Waals surface area contributed by atoms with Crippen LogP contribution in [0.2, 0.25) is 0 Å². The van der Waals surface area contributed by atoms with Gasteiger partial charge in [-0.15, -0.1) is 0 Å². The van der Waals surface area contributed by atoms with Gasteiger partial charge in [0.15, 0.2) is 0 Å². The van der Waals surface area contributed by atoms with Crippen molar-refractivity contribution in [3.05, 3.63) is 35.9 Å². The maximum atomic E-state index is 12.5. The molecule has 1 aromatic rings. The van der Waals surface area contributed by atoms with Crippen LogP contribution in [0.1, 0.15) is 24.3 Å². The predicted molar refractivity (Wildman–Crippen MR) is 69.3 cm³/mol. The molecule has 4 nitrogen and oxygen atoms in total. The molecule has 2 aliphatic heterocycles. The van der Waals surface area contributed by atoms with Gasteiger partial charge >= 0.3 is 0 Å². The number of ether oxygens (including phenoxy) is 1. The van der Waals surface area contributed by atoms with Crippen LogP contribution in [0, 0.1) is 11.3 Å². The summed E-state index contributed by atoms with van der Waals surface area (Å²) in [5.74, 6) is -0.785. The number of carbonyl (C=O) groups is 1. The lowest BCUT2D eigenvalue weighted by Gasteiger charge is -2.33. The van der Waals surface area contributed by atoms with E-state index in [9.17, 15) is 10.1 Å². The number of carbonyl (C=O) groups excluding carboxylic acids is 1. The van der Waals surface area contributed by atoms with Gasteiger partial charge in [-0.1, -0.05) is 30.3 Å². The molecule has 4 heteroatoms. The van der Waals surface area contributed by atoms with Crippen molar-refractivity contribution in [2.24, 2.45) is 0 Å². The van der Waals surface area contributed by atoms with Gasteiger partial charge in [-0.25, -0.2) is 0 Å². The number of amides is 1. The van der Waals surface area contributed by atoms with Gasteiger partial charge in [-0.3, -0.25) is 4.79 Å². The van der Waals surface area contributed by atoms with Gasteiger partial charge in [0.05, 0.1) is 18.3 Å². The third kappa shape index (κ3) is 2.34. The molecular weight excluding hydrogens is 240 g/mol. The van der Waals surface area contributed by atoms with Crippen LogP contribution < -0.4 is 0 Å². The minimum Gasteiger partial charge on any atom is -0.371 e. The highest BCUT2D eigenvalue weighted by atomic mass is 16.5. The topological polar surface area (TPSA) is 53.3 Å². The maximum Gasteiger partial charge on any atom is 0.244 e. The van der Waals surface area contributed by atoms with E-state index >= 15 is 0 Å². The Hall–Kier alpha value is -1.86. The number of hydrogen-bond acceptors (Lipinski definition) is 3. The van der Waals surface area contributed by atoms with Crippen LogP contribution in [-0.2, 0) is 9.53 Å². The monoisotopic (exact) mass is 256 g/mol. The Morgan fingerprint density at radius 2 is 1.89 bits per heavy atom. The standard InChI is InChI=1S/C15H16N2O2/c16-8-14(11-4-2-1-3-5-11)15(18)17-9-12-6-7-13(10-17)19-12/h1-5,12-14H,6-7,9-10H2. The average molecular weight is 256 g/mol. The third-order valence-electron chi connectivity index (χ3n) is 3.86. The molecule has 2 aliphatic rings. The number of rotatable bonds is 2. The molecule has 3 unspecified atom stereocenters. The van der Waals surface area contributed by atoms with Crippen LogP contribution in [-0.4, -0.2) is 36.1 Å². The molecule has 2 heterocycles. The molecule has 19 heavy (non-hydrogen) atoms. The zero-order chi connectivity index (χ0) is 13.2. The fraction of sp³-hybridized carbons (Fsp3) is 0.467. The van der Waals surface area contributed by atoms with Crippen molar-refractivity contribution in [1.82, 2.24) is 4.90 Å².